The molecule has 1 amide bonds. The lowest BCUT2D eigenvalue weighted by molar-refractivity contribution is -0.00387. The van der Waals surface area contributed by atoms with Crippen LogP contribution in [-0.2, 0) is 7.05 Å². The van der Waals surface area contributed by atoms with Gasteiger partial charge in [0.2, 0.25) is 0 Å². The number of pyridine rings is 2. The molecule has 162 valence electrons. The Morgan fingerprint density at radius 3 is 2.77 bits per heavy atom. The maximum absolute atomic E-state index is 12.9. The molecule has 2 atom stereocenters. The van der Waals surface area contributed by atoms with E-state index in [1.807, 2.05) is 11.0 Å². The average Bonchev–Trinajstić information content (AvgIpc) is 3.04. The predicted octanol–water partition coefficient (Wildman–Crippen LogP) is -0.474. The van der Waals surface area contributed by atoms with Gasteiger partial charge in [-0.15, -0.1) is 0 Å². The number of piperidine rings is 1. The number of aliphatic hydroxyl groups is 2. The third-order valence-electron chi connectivity index (χ3n) is 5.57. The SMILES string of the molecule is Cn1nc2cc(N3CCOc4cc(C(=O)N5C[C@H](O)C[C@H](O)C5)cnc43)ccn2c1=O. The smallest absolute Gasteiger partial charge is 0.350 e. The highest BCUT2D eigenvalue weighted by Gasteiger charge is 2.30. The zero-order chi connectivity index (χ0) is 21.7. The Balaban J connectivity index is 1.45. The van der Waals surface area contributed by atoms with Gasteiger partial charge in [0.05, 0.1) is 24.3 Å². The fourth-order valence-corrected chi connectivity index (χ4v) is 4.10. The van der Waals surface area contributed by atoms with Crippen molar-refractivity contribution in [3.8, 4) is 5.75 Å². The number of anilines is 2. The molecule has 3 aromatic heterocycles. The van der Waals surface area contributed by atoms with Crippen molar-refractivity contribution < 1.29 is 19.7 Å². The first-order valence-corrected chi connectivity index (χ1v) is 10.0. The van der Waals surface area contributed by atoms with E-state index in [-0.39, 0.29) is 31.1 Å². The number of rotatable bonds is 2. The number of aryl methyl sites for hydroxylation is 1. The minimum absolute atomic E-state index is 0.170. The van der Waals surface area contributed by atoms with Crippen LogP contribution in [0.15, 0.2) is 35.4 Å². The van der Waals surface area contributed by atoms with Gasteiger partial charge in [-0.3, -0.25) is 9.20 Å². The van der Waals surface area contributed by atoms with Crippen LogP contribution in [0.3, 0.4) is 0 Å². The van der Waals surface area contributed by atoms with Crippen LogP contribution in [0.5, 0.6) is 5.75 Å². The molecule has 0 spiro atoms. The second-order valence-corrected chi connectivity index (χ2v) is 7.82. The Kier molecular flexibility index (Phi) is 4.63. The van der Waals surface area contributed by atoms with E-state index in [4.69, 9.17) is 4.74 Å². The molecule has 5 rings (SSSR count). The molecule has 0 aromatic carbocycles. The molecule has 0 radical (unpaired) electrons. The number of β-amino-alcohol motifs (C(OH)–C–C–N with tert-alkyl or cyclic N) is 2. The van der Waals surface area contributed by atoms with E-state index in [0.717, 1.165) is 5.69 Å². The number of likely N-dealkylation sites (tertiary alicyclic amines) is 1. The fraction of sp³-hybridized carbons (Fsp3) is 0.400. The lowest BCUT2D eigenvalue weighted by Crippen LogP contribution is -2.48. The van der Waals surface area contributed by atoms with Crippen molar-refractivity contribution in [1.29, 1.82) is 0 Å². The summed E-state index contributed by atoms with van der Waals surface area (Å²) in [4.78, 5) is 32.7. The summed E-state index contributed by atoms with van der Waals surface area (Å²) in [6.45, 7) is 1.28. The summed E-state index contributed by atoms with van der Waals surface area (Å²) in [5, 5.41) is 24.0. The van der Waals surface area contributed by atoms with Crippen LogP contribution >= 0.6 is 0 Å². The largest absolute Gasteiger partial charge is 0.488 e. The molecule has 0 bridgehead atoms. The molecule has 2 aliphatic rings. The normalized spacial score (nSPS) is 21.1. The van der Waals surface area contributed by atoms with Gasteiger partial charge in [0.1, 0.15) is 6.61 Å². The predicted molar refractivity (Wildman–Crippen MR) is 110 cm³/mol. The number of fused-ring (bicyclic) bond motifs is 2. The van der Waals surface area contributed by atoms with Gasteiger partial charge in [-0.05, 0) is 12.1 Å². The molecule has 2 N–H and O–H groups in total. The number of aromatic nitrogens is 4. The molecule has 11 nitrogen and oxygen atoms in total. The summed E-state index contributed by atoms with van der Waals surface area (Å²) >= 11 is 0. The van der Waals surface area contributed by atoms with Gasteiger partial charge in [0.15, 0.2) is 17.2 Å². The maximum atomic E-state index is 12.9. The van der Waals surface area contributed by atoms with Gasteiger partial charge in [-0.2, -0.15) is 5.10 Å². The second-order valence-electron chi connectivity index (χ2n) is 7.82. The minimum atomic E-state index is -0.751. The van der Waals surface area contributed by atoms with Crippen LogP contribution in [-0.4, -0.2) is 78.6 Å². The molecule has 0 saturated carbocycles. The van der Waals surface area contributed by atoms with Crippen molar-refractivity contribution in [2.45, 2.75) is 18.6 Å². The molecular formula is C20H22N6O5. The molecule has 3 aromatic rings. The topological polar surface area (TPSA) is 125 Å². The molecule has 2 aliphatic heterocycles. The summed E-state index contributed by atoms with van der Waals surface area (Å²) in [7, 11) is 1.60. The van der Waals surface area contributed by atoms with E-state index in [0.29, 0.717) is 35.9 Å². The molecule has 0 unspecified atom stereocenters. The first-order valence-electron chi connectivity index (χ1n) is 10.0. The van der Waals surface area contributed by atoms with Crippen molar-refractivity contribution in [2.75, 3.05) is 31.1 Å². The van der Waals surface area contributed by atoms with Crippen LogP contribution in [0, 0.1) is 0 Å². The first kappa shape index (κ1) is 19.5. The van der Waals surface area contributed by atoms with Gasteiger partial charge in [-0.25, -0.2) is 14.5 Å². The number of nitrogens with zero attached hydrogens (tertiary/aromatic N) is 6. The summed E-state index contributed by atoms with van der Waals surface area (Å²) in [5.74, 6) is 0.709. The van der Waals surface area contributed by atoms with E-state index in [1.165, 1.54) is 20.2 Å². The molecular weight excluding hydrogens is 404 g/mol. The zero-order valence-corrected chi connectivity index (χ0v) is 16.9. The minimum Gasteiger partial charge on any atom is -0.488 e. The number of ether oxygens (including phenoxy) is 1. The van der Waals surface area contributed by atoms with E-state index in [9.17, 15) is 19.8 Å². The highest BCUT2D eigenvalue weighted by Crippen LogP contribution is 2.35. The quantitative estimate of drug-likeness (QED) is 0.563. The standard InChI is InChI=1S/C20H22N6O5/c1-23-20(30)26-3-2-13(7-17(26)22-23)25-4-5-31-16-6-12(9-21-18(16)25)19(29)24-10-14(27)8-15(28)11-24/h2-3,6-7,9,14-15,27-28H,4-5,8,10-11H2,1H3/t14-,15+. The molecule has 1 saturated heterocycles. The average molecular weight is 426 g/mol. The number of aliphatic hydroxyl groups excluding tert-OH is 2. The van der Waals surface area contributed by atoms with Gasteiger partial charge in [0.25, 0.3) is 5.91 Å². The van der Waals surface area contributed by atoms with E-state index < -0.39 is 12.2 Å². The Hall–Kier alpha value is -3.44. The lowest BCUT2D eigenvalue weighted by Gasteiger charge is -2.34. The van der Waals surface area contributed by atoms with Crippen LogP contribution in [0.25, 0.3) is 5.65 Å². The van der Waals surface area contributed by atoms with E-state index >= 15 is 0 Å². The van der Waals surface area contributed by atoms with Gasteiger partial charge < -0.3 is 24.7 Å². The van der Waals surface area contributed by atoms with Gasteiger partial charge in [0, 0.05) is 50.7 Å². The summed E-state index contributed by atoms with van der Waals surface area (Å²) in [5.41, 5.74) is 1.43. The van der Waals surface area contributed by atoms with Crippen molar-refractivity contribution in [1.82, 2.24) is 24.1 Å². The fourth-order valence-electron chi connectivity index (χ4n) is 4.10. The van der Waals surface area contributed by atoms with Crippen molar-refractivity contribution in [2.24, 2.45) is 7.05 Å². The van der Waals surface area contributed by atoms with Crippen LogP contribution < -0.4 is 15.3 Å². The lowest BCUT2D eigenvalue weighted by atomic mass is 10.0. The Bertz CT molecular complexity index is 1210. The van der Waals surface area contributed by atoms with E-state index in [1.54, 1.807) is 25.4 Å². The molecule has 11 heteroatoms. The first-order chi connectivity index (χ1) is 14.9. The Morgan fingerprint density at radius 2 is 2.00 bits per heavy atom. The van der Waals surface area contributed by atoms with Crippen LogP contribution in [0.1, 0.15) is 16.8 Å². The van der Waals surface area contributed by atoms with Crippen LogP contribution in [0.4, 0.5) is 11.5 Å². The molecule has 31 heavy (non-hydrogen) atoms. The molecule has 0 aliphatic carbocycles. The maximum Gasteiger partial charge on any atom is 0.350 e. The van der Waals surface area contributed by atoms with Gasteiger partial charge in [-0.1, -0.05) is 0 Å². The number of carbonyl (C=O) groups excluding carboxylic acids is 1. The monoisotopic (exact) mass is 426 g/mol. The third-order valence-corrected chi connectivity index (χ3v) is 5.57. The molecule has 1 fully saturated rings. The van der Waals surface area contributed by atoms with E-state index in [2.05, 4.69) is 10.1 Å². The van der Waals surface area contributed by atoms with Crippen molar-refractivity contribution >= 4 is 23.1 Å². The highest BCUT2D eigenvalue weighted by atomic mass is 16.5. The number of carbonyl (C=O) groups is 1. The van der Waals surface area contributed by atoms with Gasteiger partial charge >= 0.3 is 5.69 Å². The summed E-state index contributed by atoms with van der Waals surface area (Å²) in [6, 6.07) is 5.24. The Morgan fingerprint density at radius 1 is 1.23 bits per heavy atom. The number of hydrogen-bond donors (Lipinski definition) is 2. The second kappa shape index (κ2) is 7.36. The Labute approximate surface area is 176 Å². The summed E-state index contributed by atoms with van der Waals surface area (Å²) in [6.07, 6.45) is 1.90. The van der Waals surface area contributed by atoms with Crippen LogP contribution in [0.2, 0.25) is 0 Å². The molecule has 5 heterocycles. The van der Waals surface area contributed by atoms with Crippen molar-refractivity contribution in [3.05, 3.63) is 46.6 Å². The zero-order valence-electron chi connectivity index (χ0n) is 16.9. The summed E-state index contributed by atoms with van der Waals surface area (Å²) < 4.78 is 8.49. The third kappa shape index (κ3) is 3.41. The number of hydrogen-bond acceptors (Lipinski definition) is 8. The number of amides is 1. The van der Waals surface area contributed by atoms with Crippen molar-refractivity contribution in [3.63, 3.8) is 0 Å². The highest BCUT2D eigenvalue weighted by molar-refractivity contribution is 5.95.